The molecule has 1 aromatic heterocycles. The van der Waals surface area contributed by atoms with Gasteiger partial charge in [0, 0.05) is 31.9 Å². The van der Waals surface area contributed by atoms with Crippen LogP contribution in [-0.2, 0) is 20.9 Å². The molecule has 1 saturated carbocycles. The summed E-state index contributed by atoms with van der Waals surface area (Å²) in [6.45, 7) is 1.64. The maximum absolute atomic E-state index is 12.9. The third-order valence-electron chi connectivity index (χ3n) is 8.37. The highest BCUT2D eigenvalue weighted by molar-refractivity contribution is 5.92. The summed E-state index contributed by atoms with van der Waals surface area (Å²) in [5.41, 5.74) is 5.62. The molecule has 1 aliphatic rings. The standard InChI is InChI=1S/C32H58N6O4/c33-20-13-12-17-28(31(41)35-21-19-27-15-9-8-10-16-27)37-32(42)29(25-39)36-30(40)18-11-6-4-2-1-3-5-7-14-23-38-24-22-34-26-38/h22,24,26-29,39H,1-21,23,25,33H2,(H,35,41)(H,36,40)(H,37,42)/t28-,29-/m0/s1. The first-order valence-electron chi connectivity index (χ1n) is 16.7. The number of amides is 3. The minimum Gasteiger partial charge on any atom is -0.394 e. The first kappa shape index (κ1) is 35.7. The Labute approximate surface area is 253 Å². The van der Waals surface area contributed by atoms with E-state index in [0.29, 0.717) is 38.3 Å². The van der Waals surface area contributed by atoms with E-state index in [9.17, 15) is 19.5 Å². The highest BCUT2D eigenvalue weighted by atomic mass is 16.3. The van der Waals surface area contributed by atoms with Crippen molar-refractivity contribution in [3.05, 3.63) is 18.7 Å². The molecule has 1 heterocycles. The maximum atomic E-state index is 12.9. The molecule has 2 rings (SSSR count). The van der Waals surface area contributed by atoms with Crippen LogP contribution in [0.4, 0.5) is 0 Å². The molecule has 240 valence electrons. The van der Waals surface area contributed by atoms with Gasteiger partial charge in [-0.05, 0) is 51.0 Å². The van der Waals surface area contributed by atoms with Gasteiger partial charge in [-0.3, -0.25) is 14.4 Å². The van der Waals surface area contributed by atoms with Crippen molar-refractivity contribution in [3.63, 3.8) is 0 Å². The molecule has 6 N–H and O–H groups in total. The van der Waals surface area contributed by atoms with Crippen molar-refractivity contribution in [1.82, 2.24) is 25.5 Å². The largest absolute Gasteiger partial charge is 0.394 e. The van der Waals surface area contributed by atoms with Crippen LogP contribution < -0.4 is 21.7 Å². The first-order valence-corrected chi connectivity index (χ1v) is 16.7. The smallest absolute Gasteiger partial charge is 0.245 e. The Bertz CT molecular complexity index is 844. The number of aromatic nitrogens is 2. The van der Waals surface area contributed by atoms with Gasteiger partial charge in [0.1, 0.15) is 12.1 Å². The Hall–Kier alpha value is -2.46. The number of nitrogens with zero attached hydrogens (tertiary/aromatic N) is 2. The number of aliphatic hydroxyl groups is 1. The zero-order valence-corrected chi connectivity index (χ0v) is 25.9. The van der Waals surface area contributed by atoms with Crippen molar-refractivity contribution >= 4 is 17.7 Å². The Morgan fingerprint density at radius 2 is 1.55 bits per heavy atom. The summed E-state index contributed by atoms with van der Waals surface area (Å²) in [5, 5.41) is 18.2. The summed E-state index contributed by atoms with van der Waals surface area (Å²) in [6.07, 6.45) is 25.2. The zero-order chi connectivity index (χ0) is 30.3. The van der Waals surface area contributed by atoms with E-state index >= 15 is 0 Å². The molecule has 0 radical (unpaired) electrons. The average Bonchev–Trinajstić information content (AvgIpc) is 3.52. The lowest BCUT2D eigenvalue weighted by molar-refractivity contribution is -0.133. The molecule has 0 saturated heterocycles. The van der Waals surface area contributed by atoms with E-state index in [1.54, 1.807) is 0 Å². The molecule has 1 aliphatic carbocycles. The summed E-state index contributed by atoms with van der Waals surface area (Å²) in [4.78, 5) is 42.3. The molecule has 0 aromatic carbocycles. The normalized spacial score (nSPS) is 15.2. The highest BCUT2D eigenvalue weighted by Crippen LogP contribution is 2.25. The predicted molar refractivity (Wildman–Crippen MR) is 166 cm³/mol. The fourth-order valence-corrected chi connectivity index (χ4v) is 5.73. The minimum absolute atomic E-state index is 0.214. The van der Waals surface area contributed by atoms with Gasteiger partial charge in [-0.2, -0.15) is 0 Å². The van der Waals surface area contributed by atoms with Crippen LogP contribution >= 0.6 is 0 Å². The number of rotatable bonds is 24. The van der Waals surface area contributed by atoms with E-state index in [1.165, 1.54) is 70.6 Å². The lowest BCUT2D eigenvalue weighted by Gasteiger charge is -2.24. The topological polar surface area (TPSA) is 151 Å². The van der Waals surface area contributed by atoms with Crippen LogP contribution in [-0.4, -0.2) is 64.2 Å². The number of hydrogen-bond donors (Lipinski definition) is 5. The number of hydrogen-bond acceptors (Lipinski definition) is 6. The summed E-state index contributed by atoms with van der Waals surface area (Å²) < 4.78 is 2.12. The van der Waals surface area contributed by atoms with Gasteiger partial charge in [0.2, 0.25) is 17.7 Å². The van der Waals surface area contributed by atoms with Crippen LogP contribution in [0.5, 0.6) is 0 Å². The third kappa shape index (κ3) is 16.2. The molecule has 3 amide bonds. The molecule has 42 heavy (non-hydrogen) atoms. The van der Waals surface area contributed by atoms with Gasteiger partial charge in [0.15, 0.2) is 0 Å². The SMILES string of the molecule is NCCCC[C@H](NC(=O)[C@H](CO)NC(=O)CCCCCCCCCCCn1ccnc1)C(=O)NCCC1CCCCC1. The molecule has 10 nitrogen and oxygen atoms in total. The van der Waals surface area contributed by atoms with Crippen LogP contribution in [0.25, 0.3) is 0 Å². The van der Waals surface area contributed by atoms with Gasteiger partial charge < -0.3 is 31.4 Å². The van der Waals surface area contributed by atoms with Crippen LogP contribution in [0.1, 0.15) is 122 Å². The van der Waals surface area contributed by atoms with Crippen molar-refractivity contribution < 1.29 is 19.5 Å². The maximum Gasteiger partial charge on any atom is 0.245 e. The third-order valence-corrected chi connectivity index (χ3v) is 8.37. The lowest BCUT2D eigenvalue weighted by atomic mass is 9.87. The molecule has 0 unspecified atom stereocenters. The number of carbonyl (C=O) groups excluding carboxylic acids is 3. The molecule has 1 fully saturated rings. The Morgan fingerprint density at radius 1 is 0.857 bits per heavy atom. The van der Waals surface area contributed by atoms with Gasteiger partial charge in [-0.25, -0.2) is 4.98 Å². The second-order valence-electron chi connectivity index (χ2n) is 12.0. The number of aliphatic hydroxyl groups excluding tert-OH is 1. The predicted octanol–water partition coefficient (Wildman–Crippen LogP) is 3.96. The fraction of sp³-hybridized carbons (Fsp3) is 0.812. The molecule has 0 aliphatic heterocycles. The fourth-order valence-electron chi connectivity index (χ4n) is 5.73. The van der Waals surface area contributed by atoms with Crippen LogP contribution in [0.2, 0.25) is 0 Å². The molecular formula is C32H58N6O4. The number of carbonyl (C=O) groups is 3. The van der Waals surface area contributed by atoms with E-state index in [4.69, 9.17) is 5.73 Å². The summed E-state index contributed by atoms with van der Waals surface area (Å²) in [5.74, 6) is -0.337. The second-order valence-corrected chi connectivity index (χ2v) is 12.0. The van der Waals surface area contributed by atoms with E-state index in [0.717, 1.165) is 38.6 Å². The van der Waals surface area contributed by atoms with Gasteiger partial charge in [-0.15, -0.1) is 0 Å². The van der Waals surface area contributed by atoms with Crippen LogP contribution in [0.3, 0.4) is 0 Å². The van der Waals surface area contributed by atoms with Crippen molar-refractivity contribution in [3.8, 4) is 0 Å². The summed E-state index contributed by atoms with van der Waals surface area (Å²) >= 11 is 0. The second kappa shape index (κ2) is 23.1. The number of nitrogens with two attached hydrogens (primary N) is 1. The lowest BCUT2D eigenvalue weighted by Crippen LogP contribution is -2.55. The molecule has 1 aromatic rings. The Balaban J connectivity index is 1.59. The van der Waals surface area contributed by atoms with E-state index in [-0.39, 0.29) is 11.8 Å². The first-order chi connectivity index (χ1) is 20.5. The molecule has 0 bridgehead atoms. The molecule has 2 atom stereocenters. The van der Waals surface area contributed by atoms with Gasteiger partial charge in [-0.1, -0.05) is 77.0 Å². The molecule has 10 heteroatoms. The Morgan fingerprint density at radius 3 is 2.19 bits per heavy atom. The van der Waals surface area contributed by atoms with E-state index in [2.05, 4.69) is 25.5 Å². The molecular weight excluding hydrogens is 532 g/mol. The van der Waals surface area contributed by atoms with Crippen LogP contribution in [0.15, 0.2) is 18.7 Å². The number of nitrogens with one attached hydrogen (secondary N) is 3. The highest BCUT2D eigenvalue weighted by Gasteiger charge is 2.26. The van der Waals surface area contributed by atoms with Crippen LogP contribution in [0, 0.1) is 5.92 Å². The number of imidazole rings is 1. The monoisotopic (exact) mass is 590 g/mol. The van der Waals surface area contributed by atoms with Gasteiger partial charge in [0.25, 0.3) is 0 Å². The van der Waals surface area contributed by atoms with E-state index < -0.39 is 24.6 Å². The Kier molecular flexibility index (Phi) is 19.6. The van der Waals surface area contributed by atoms with Crippen molar-refractivity contribution in [1.29, 1.82) is 0 Å². The summed E-state index contributed by atoms with van der Waals surface area (Å²) in [7, 11) is 0. The van der Waals surface area contributed by atoms with Crippen molar-refractivity contribution in [2.45, 2.75) is 141 Å². The zero-order valence-electron chi connectivity index (χ0n) is 25.9. The van der Waals surface area contributed by atoms with Gasteiger partial charge in [0.05, 0.1) is 12.9 Å². The summed E-state index contributed by atoms with van der Waals surface area (Å²) in [6, 6.07) is -1.78. The molecule has 0 spiro atoms. The number of aryl methyl sites for hydroxylation is 1. The van der Waals surface area contributed by atoms with Crippen molar-refractivity contribution in [2.75, 3.05) is 19.7 Å². The van der Waals surface area contributed by atoms with E-state index in [1.807, 2.05) is 18.7 Å². The number of unbranched alkanes of at least 4 members (excludes halogenated alkanes) is 9. The average molecular weight is 591 g/mol. The van der Waals surface area contributed by atoms with Gasteiger partial charge >= 0.3 is 0 Å². The quantitative estimate of drug-likeness (QED) is 0.115. The van der Waals surface area contributed by atoms with Crippen molar-refractivity contribution in [2.24, 2.45) is 11.7 Å². The minimum atomic E-state index is -1.07.